The maximum Gasteiger partial charge on any atom is 0.197 e. The summed E-state index contributed by atoms with van der Waals surface area (Å²) in [5.74, 6) is 0.457. The quantitative estimate of drug-likeness (QED) is 0.764. The number of anilines is 1. The van der Waals surface area contributed by atoms with Gasteiger partial charge in [-0.2, -0.15) is 0 Å². The van der Waals surface area contributed by atoms with E-state index in [4.69, 9.17) is 5.73 Å². The standard InChI is InChI=1S/C11H15N3.C2H6/c1-3-5-9(6-4-2)7-10-8-13-11(12)14-10;1-2/h3-6,8H,1,7H2,2H3,(H3,12,13,14);1-2H3/b6-4-,9-5+;. The Morgan fingerprint density at radius 2 is 2.25 bits per heavy atom. The van der Waals surface area contributed by atoms with Gasteiger partial charge in [0.1, 0.15) is 0 Å². The molecule has 16 heavy (non-hydrogen) atoms. The highest BCUT2D eigenvalue weighted by Crippen LogP contribution is 2.08. The Balaban J connectivity index is 0.00000106. The van der Waals surface area contributed by atoms with Crippen molar-refractivity contribution in [3.63, 3.8) is 0 Å². The molecule has 1 aromatic heterocycles. The zero-order chi connectivity index (χ0) is 12.4. The normalized spacial score (nSPS) is 11.1. The van der Waals surface area contributed by atoms with Crippen LogP contribution in [0.3, 0.4) is 0 Å². The average Bonchev–Trinajstić information content (AvgIpc) is 2.68. The van der Waals surface area contributed by atoms with E-state index < -0.39 is 0 Å². The summed E-state index contributed by atoms with van der Waals surface area (Å²) in [7, 11) is 0. The Labute approximate surface area is 97.8 Å². The summed E-state index contributed by atoms with van der Waals surface area (Å²) >= 11 is 0. The lowest BCUT2D eigenvalue weighted by Crippen LogP contribution is -1.90. The second-order valence-electron chi connectivity index (χ2n) is 2.95. The molecule has 0 aliphatic carbocycles. The maximum absolute atomic E-state index is 5.48. The lowest BCUT2D eigenvalue weighted by atomic mass is 10.1. The summed E-state index contributed by atoms with van der Waals surface area (Å²) in [6.45, 7) is 9.65. The summed E-state index contributed by atoms with van der Waals surface area (Å²) < 4.78 is 0. The van der Waals surface area contributed by atoms with Crippen molar-refractivity contribution in [1.82, 2.24) is 9.97 Å². The van der Waals surface area contributed by atoms with Gasteiger partial charge in [0.05, 0.1) is 6.20 Å². The first-order valence-corrected chi connectivity index (χ1v) is 5.50. The van der Waals surface area contributed by atoms with E-state index in [0.717, 1.165) is 12.1 Å². The van der Waals surface area contributed by atoms with Gasteiger partial charge in [0.15, 0.2) is 5.95 Å². The van der Waals surface area contributed by atoms with Crippen LogP contribution in [0, 0.1) is 0 Å². The van der Waals surface area contributed by atoms with Gasteiger partial charge in [-0.3, -0.25) is 0 Å². The summed E-state index contributed by atoms with van der Waals surface area (Å²) in [4.78, 5) is 6.92. The number of nitrogens with one attached hydrogen (secondary N) is 1. The van der Waals surface area contributed by atoms with E-state index in [2.05, 4.69) is 16.5 Å². The van der Waals surface area contributed by atoms with Crippen LogP contribution in [0.25, 0.3) is 0 Å². The smallest absolute Gasteiger partial charge is 0.197 e. The number of hydrogen-bond donors (Lipinski definition) is 2. The average molecular weight is 219 g/mol. The van der Waals surface area contributed by atoms with Crippen LogP contribution in [-0.4, -0.2) is 9.97 Å². The van der Waals surface area contributed by atoms with E-state index in [1.54, 1.807) is 12.3 Å². The summed E-state index contributed by atoms with van der Waals surface area (Å²) in [5.41, 5.74) is 7.66. The Morgan fingerprint density at radius 3 is 2.69 bits per heavy atom. The zero-order valence-electron chi connectivity index (χ0n) is 10.3. The van der Waals surface area contributed by atoms with Crippen molar-refractivity contribution in [3.8, 4) is 0 Å². The number of rotatable bonds is 4. The van der Waals surface area contributed by atoms with E-state index in [1.807, 2.05) is 39.0 Å². The molecule has 0 atom stereocenters. The second kappa shape index (κ2) is 8.53. The highest BCUT2D eigenvalue weighted by Gasteiger charge is 1.98. The summed E-state index contributed by atoms with van der Waals surface area (Å²) in [5, 5.41) is 0. The molecule has 0 amide bonds. The van der Waals surface area contributed by atoms with Crippen molar-refractivity contribution in [2.45, 2.75) is 27.2 Å². The van der Waals surface area contributed by atoms with Crippen LogP contribution in [0.1, 0.15) is 26.5 Å². The first-order chi connectivity index (χ1) is 7.76. The molecule has 88 valence electrons. The molecule has 1 heterocycles. The molecule has 1 rings (SSSR count). The number of allylic oxidation sites excluding steroid dienone is 5. The molecule has 0 saturated carbocycles. The van der Waals surface area contributed by atoms with Gasteiger partial charge in [-0.15, -0.1) is 0 Å². The summed E-state index contributed by atoms with van der Waals surface area (Å²) in [6.07, 6.45) is 10.3. The molecule has 0 spiro atoms. The molecule has 3 N–H and O–H groups in total. The van der Waals surface area contributed by atoms with Gasteiger partial charge in [0, 0.05) is 12.1 Å². The molecule has 0 fully saturated rings. The third kappa shape index (κ3) is 5.20. The van der Waals surface area contributed by atoms with Crippen molar-refractivity contribution in [3.05, 3.63) is 48.3 Å². The van der Waals surface area contributed by atoms with Gasteiger partial charge in [-0.1, -0.05) is 44.7 Å². The second-order valence-corrected chi connectivity index (χ2v) is 2.95. The molecule has 1 aromatic rings. The van der Waals surface area contributed by atoms with Crippen molar-refractivity contribution in [1.29, 1.82) is 0 Å². The minimum Gasteiger partial charge on any atom is -0.369 e. The van der Waals surface area contributed by atoms with E-state index in [-0.39, 0.29) is 0 Å². The fraction of sp³-hybridized carbons (Fsp3) is 0.308. The Hall–Kier alpha value is -1.77. The van der Waals surface area contributed by atoms with Gasteiger partial charge in [-0.25, -0.2) is 4.98 Å². The Kier molecular flexibility index (Phi) is 7.59. The minimum atomic E-state index is 0.457. The number of nitrogens with two attached hydrogens (primary N) is 1. The van der Waals surface area contributed by atoms with Gasteiger partial charge >= 0.3 is 0 Å². The monoisotopic (exact) mass is 219 g/mol. The Bertz CT molecular complexity index is 359. The van der Waals surface area contributed by atoms with Crippen LogP contribution in [0.15, 0.2) is 42.7 Å². The van der Waals surface area contributed by atoms with Crippen molar-refractivity contribution < 1.29 is 0 Å². The van der Waals surface area contributed by atoms with Crippen LogP contribution in [0.4, 0.5) is 5.95 Å². The van der Waals surface area contributed by atoms with Crippen molar-refractivity contribution in [2.24, 2.45) is 0 Å². The molecular formula is C13H21N3. The lowest BCUT2D eigenvalue weighted by Gasteiger charge is -1.97. The van der Waals surface area contributed by atoms with E-state index in [0.29, 0.717) is 5.95 Å². The number of nitrogens with zero attached hydrogens (tertiary/aromatic N) is 1. The minimum absolute atomic E-state index is 0.457. The molecule has 0 aromatic carbocycles. The fourth-order valence-electron chi connectivity index (χ4n) is 1.23. The maximum atomic E-state index is 5.48. The van der Waals surface area contributed by atoms with Crippen LogP contribution < -0.4 is 5.73 Å². The third-order valence-electron chi connectivity index (χ3n) is 1.76. The number of H-pyrrole nitrogens is 1. The number of hydrogen-bond acceptors (Lipinski definition) is 2. The van der Waals surface area contributed by atoms with Crippen molar-refractivity contribution >= 4 is 5.95 Å². The van der Waals surface area contributed by atoms with E-state index >= 15 is 0 Å². The van der Waals surface area contributed by atoms with Gasteiger partial charge < -0.3 is 10.7 Å². The molecular weight excluding hydrogens is 198 g/mol. The number of nitrogen functional groups attached to an aromatic ring is 1. The molecule has 0 bridgehead atoms. The topological polar surface area (TPSA) is 54.7 Å². The molecule has 0 aliphatic heterocycles. The van der Waals surface area contributed by atoms with Gasteiger partial charge in [-0.05, 0) is 12.5 Å². The highest BCUT2D eigenvalue weighted by molar-refractivity contribution is 5.29. The summed E-state index contributed by atoms with van der Waals surface area (Å²) in [6, 6.07) is 0. The molecule has 0 aliphatic rings. The fourth-order valence-corrected chi connectivity index (χ4v) is 1.23. The molecule has 3 nitrogen and oxygen atoms in total. The zero-order valence-corrected chi connectivity index (χ0v) is 10.3. The predicted molar refractivity (Wildman–Crippen MR) is 71.1 cm³/mol. The van der Waals surface area contributed by atoms with Crippen molar-refractivity contribution in [2.75, 3.05) is 5.73 Å². The largest absolute Gasteiger partial charge is 0.369 e. The first-order valence-electron chi connectivity index (χ1n) is 5.50. The lowest BCUT2D eigenvalue weighted by molar-refractivity contribution is 1.11. The third-order valence-corrected chi connectivity index (χ3v) is 1.76. The SMILES string of the molecule is C=C/C=C(\C=C/C)Cc1cnc(N)[nH]1.CC. The van der Waals surface area contributed by atoms with Gasteiger partial charge in [0.25, 0.3) is 0 Å². The van der Waals surface area contributed by atoms with Gasteiger partial charge in [0.2, 0.25) is 0 Å². The number of aromatic nitrogens is 2. The molecule has 0 radical (unpaired) electrons. The van der Waals surface area contributed by atoms with Crippen LogP contribution in [-0.2, 0) is 6.42 Å². The molecule has 0 saturated heterocycles. The molecule has 0 unspecified atom stereocenters. The number of aromatic amines is 1. The van der Waals surface area contributed by atoms with E-state index in [1.165, 1.54) is 5.57 Å². The van der Waals surface area contributed by atoms with E-state index in [9.17, 15) is 0 Å². The molecule has 3 heteroatoms. The van der Waals surface area contributed by atoms with Crippen LogP contribution in [0.2, 0.25) is 0 Å². The highest BCUT2D eigenvalue weighted by atomic mass is 15.0. The van der Waals surface area contributed by atoms with Crippen LogP contribution >= 0.6 is 0 Å². The number of imidazole rings is 1. The first kappa shape index (κ1) is 14.2. The predicted octanol–water partition coefficient (Wildman–Crippen LogP) is 3.25. The Morgan fingerprint density at radius 1 is 1.56 bits per heavy atom. The van der Waals surface area contributed by atoms with Crippen LogP contribution in [0.5, 0.6) is 0 Å².